The van der Waals surface area contributed by atoms with Crippen LogP contribution < -0.4 is 9.47 Å². The summed E-state index contributed by atoms with van der Waals surface area (Å²) in [6.07, 6.45) is 2.57. The van der Waals surface area contributed by atoms with Crippen molar-refractivity contribution in [2.24, 2.45) is 5.92 Å². The molecular weight excluding hydrogens is 440 g/mol. The van der Waals surface area contributed by atoms with Gasteiger partial charge in [-0.1, -0.05) is 19.1 Å². The molecule has 0 spiro atoms. The van der Waals surface area contributed by atoms with Gasteiger partial charge in [-0.3, -0.25) is 9.88 Å². The predicted octanol–water partition coefficient (Wildman–Crippen LogP) is 5.67. The Hall–Kier alpha value is -3.51. The highest BCUT2D eigenvalue weighted by molar-refractivity contribution is 5.95. The molecule has 0 bridgehead atoms. The SMILES string of the molecule is CC1=C(c2ccc(O)cc2)C(c2ccc(OCC(C)N3CCC(C)C3)cn2)Oc2ccc(O)cc21. The first kappa shape index (κ1) is 23.2. The average molecular weight is 473 g/mol. The van der Waals surface area contributed by atoms with Gasteiger partial charge in [-0.05, 0) is 86.3 Å². The number of hydrogen-bond donors (Lipinski definition) is 2. The predicted molar refractivity (Wildman–Crippen MR) is 137 cm³/mol. The Morgan fingerprint density at radius 3 is 2.54 bits per heavy atom. The van der Waals surface area contributed by atoms with Crippen LogP contribution in [-0.4, -0.2) is 45.8 Å². The number of aromatic hydroxyl groups is 2. The molecule has 0 saturated carbocycles. The Morgan fingerprint density at radius 2 is 1.86 bits per heavy atom. The summed E-state index contributed by atoms with van der Waals surface area (Å²) >= 11 is 0. The third kappa shape index (κ3) is 4.84. The van der Waals surface area contributed by atoms with Gasteiger partial charge in [-0.25, -0.2) is 0 Å². The van der Waals surface area contributed by atoms with Gasteiger partial charge in [-0.15, -0.1) is 0 Å². The molecular formula is C29H32N2O4. The van der Waals surface area contributed by atoms with Gasteiger partial charge in [0.25, 0.3) is 0 Å². The normalized spacial score (nSPS) is 20.9. The van der Waals surface area contributed by atoms with E-state index in [9.17, 15) is 10.2 Å². The summed E-state index contributed by atoms with van der Waals surface area (Å²) in [4.78, 5) is 7.19. The maximum Gasteiger partial charge on any atom is 0.166 e. The Bertz CT molecular complexity index is 1220. The molecule has 1 aromatic heterocycles. The number of rotatable bonds is 6. The van der Waals surface area contributed by atoms with E-state index in [4.69, 9.17) is 14.5 Å². The van der Waals surface area contributed by atoms with Gasteiger partial charge in [0, 0.05) is 23.7 Å². The molecule has 6 nitrogen and oxygen atoms in total. The fraction of sp³-hybridized carbons (Fsp3) is 0.345. The summed E-state index contributed by atoms with van der Waals surface area (Å²) in [5, 5.41) is 19.8. The summed E-state index contributed by atoms with van der Waals surface area (Å²) in [6.45, 7) is 9.42. The third-order valence-electron chi connectivity index (χ3n) is 7.05. The van der Waals surface area contributed by atoms with Crippen molar-refractivity contribution in [2.45, 2.75) is 39.3 Å². The van der Waals surface area contributed by atoms with Crippen molar-refractivity contribution in [1.29, 1.82) is 0 Å². The lowest BCUT2D eigenvalue weighted by Crippen LogP contribution is -2.35. The lowest BCUT2D eigenvalue weighted by Gasteiger charge is -2.30. The van der Waals surface area contributed by atoms with Crippen LogP contribution in [0.4, 0.5) is 0 Å². The zero-order chi connectivity index (χ0) is 24.5. The van der Waals surface area contributed by atoms with Crippen LogP contribution in [0.15, 0.2) is 60.8 Å². The van der Waals surface area contributed by atoms with E-state index in [2.05, 4.69) is 18.7 Å². The number of likely N-dealkylation sites (tertiary alicyclic amines) is 1. The van der Waals surface area contributed by atoms with Crippen LogP contribution in [0.3, 0.4) is 0 Å². The van der Waals surface area contributed by atoms with Crippen LogP contribution in [0.2, 0.25) is 0 Å². The molecule has 1 fully saturated rings. The lowest BCUT2D eigenvalue weighted by molar-refractivity contribution is 0.168. The van der Waals surface area contributed by atoms with Crippen molar-refractivity contribution in [3.63, 3.8) is 0 Å². The molecule has 2 N–H and O–H groups in total. The fourth-order valence-electron chi connectivity index (χ4n) is 4.98. The second-order valence-electron chi connectivity index (χ2n) is 9.73. The summed E-state index contributed by atoms with van der Waals surface area (Å²) in [6, 6.07) is 16.5. The molecule has 3 atom stereocenters. The summed E-state index contributed by atoms with van der Waals surface area (Å²) < 4.78 is 12.5. The van der Waals surface area contributed by atoms with Crippen molar-refractivity contribution in [3.8, 4) is 23.0 Å². The van der Waals surface area contributed by atoms with Crippen molar-refractivity contribution < 1.29 is 19.7 Å². The monoisotopic (exact) mass is 472 g/mol. The first-order chi connectivity index (χ1) is 16.9. The highest BCUT2D eigenvalue weighted by atomic mass is 16.5. The van der Waals surface area contributed by atoms with Gasteiger partial charge < -0.3 is 19.7 Å². The number of aromatic nitrogens is 1. The van der Waals surface area contributed by atoms with E-state index in [0.29, 0.717) is 18.4 Å². The van der Waals surface area contributed by atoms with E-state index in [-0.39, 0.29) is 11.5 Å². The van der Waals surface area contributed by atoms with Crippen LogP contribution in [0.25, 0.3) is 11.1 Å². The average Bonchev–Trinajstić information content (AvgIpc) is 3.30. The van der Waals surface area contributed by atoms with Crippen LogP contribution in [0.1, 0.15) is 50.1 Å². The molecule has 1 saturated heterocycles. The Kier molecular flexibility index (Phi) is 6.39. The van der Waals surface area contributed by atoms with Gasteiger partial charge in [0.2, 0.25) is 0 Å². The van der Waals surface area contributed by atoms with Crippen LogP contribution in [0, 0.1) is 5.92 Å². The van der Waals surface area contributed by atoms with Gasteiger partial charge in [0.1, 0.15) is 29.6 Å². The Morgan fingerprint density at radius 1 is 1.09 bits per heavy atom. The first-order valence-electron chi connectivity index (χ1n) is 12.2. The lowest BCUT2D eigenvalue weighted by atomic mass is 9.87. The highest BCUT2D eigenvalue weighted by Crippen LogP contribution is 2.47. The summed E-state index contributed by atoms with van der Waals surface area (Å²) in [5.41, 5.74) is 4.47. The molecule has 0 amide bonds. The zero-order valence-corrected chi connectivity index (χ0v) is 20.4. The van der Waals surface area contributed by atoms with E-state index in [1.54, 1.807) is 36.5 Å². The largest absolute Gasteiger partial charge is 0.508 e. The van der Waals surface area contributed by atoms with E-state index in [0.717, 1.165) is 52.7 Å². The van der Waals surface area contributed by atoms with Gasteiger partial charge in [0.15, 0.2) is 6.10 Å². The molecule has 6 heteroatoms. The maximum absolute atomic E-state index is 10.0. The van der Waals surface area contributed by atoms with E-state index in [1.807, 2.05) is 31.2 Å². The molecule has 2 aliphatic rings. The van der Waals surface area contributed by atoms with Crippen LogP contribution >= 0.6 is 0 Å². The van der Waals surface area contributed by atoms with Crippen molar-refractivity contribution in [3.05, 3.63) is 77.6 Å². The molecule has 3 unspecified atom stereocenters. The second kappa shape index (κ2) is 9.62. The van der Waals surface area contributed by atoms with Crippen molar-refractivity contribution >= 4 is 11.1 Å². The standard InChI is InChI=1S/C29H32N2O4/c1-18-12-13-31(16-18)19(2)17-34-24-9-10-26(30-15-24)29-28(21-4-6-22(32)7-5-21)20(3)25-14-23(33)8-11-27(25)35-29/h4-11,14-15,18-19,29,32-33H,12-13,16-17H2,1-3H3. The van der Waals surface area contributed by atoms with Gasteiger partial charge in [-0.2, -0.15) is 0 Å². The smallest absolute Gasteiger partial charge is 0.166 e. The number of hydrogen-bond acceptors (Lipinski definition) is 6. The van der Waals surface area contributed by atoms with E-state index < -0.39 is 6.10 Å². The first-order valence-corrected chi connectivity index (χ1v) is 12.2. The quantitative estimate of drug-likeness (QED) is 0.482. The van der Waals surface area contributed by atoms with Gasteiger partial charge >= 0.3 is 0 Å². The van der Waals surface area contributed by atoms with Crippen molar-refractivity contribution in [1.82, 2.24) is 9.88 Å². The number of pyridine rings is 1. The van der Waals surface area contributed by atoms with E-state index >= 15 is 0 Å². The third-order valence-corrected chi connectivity index (χ3v) is 7.05. The van der Waals surface area contributed by atoms with Gasteiger partial charge in [0.05, 0.1) is 11.9 Å². The second-order valence-corrected chi connectivity index (χ2v) is 9.73. The molecule has 0 radical (unpaired) electrons. The number of fused-ring (bicyclic) bond motifs is 1. The molecule has 2 aliphatic heterocycles. The highest BCUT2D eigenvalue weighted by Gasteiger charge is 2.30. The number of phenols is 2. The number of nitrogens with zero attached hydrogens (tertiary/aromatic N) is 2. The summed E-state index contributed by atoms with van der Waals surface area (Å²) in [5.74, 6) is 2.58. The topological polar surface area (TPSA) is 75.1 Å². The van der Waals surface area contributed by atoms with E-state index in [1.165, 1.54) is 6.42 Å². The Balaban J connectivity index is 1.40. The minimum absolute atomic E-state index is 0.187. The molecule has 35 heavy (non-hydrogen) atoms. The number of allylic oxidation sites excluding steroid dienone is 1. The van der Waals surface area contributed by atoms with Crippen LogP contribution in [-0.2, 0) is 0 Å². The minimum atomic E-state index is -0.435. The van der Waals surface area contributed by atoms with Crippen LogP contribution in [0.5, 0.6) is 23.0 Å². The number of benzene rings is 2. The molecule has 3 aromatic rings. The fourth-order valence-corrected chi connectivity index (χ4v) is 4.98. The molecule has 0 aliphatic carbocycles. The molecule has 182 valence electrons. The Labute approximate surface area is 206 Å². The maximum atomic E-state index is 10.0. The number of phenolic OH excluding ortho intramolecular Hbond substituents is 2. The molecule has 3 heterocycles. The summed E-state index contributed by atoms with van der Waals surface area (Å²) in [7, 11) is 0. The minimum Gasteiger partial charge on any atom is -0.508 e. The van der Waals surface area contributed by atoms with Crippen molar-refractivity contribution in [2.75, 3.05) is 19.7 Å². The number of ether oxygens (including phenoxy) is 2. The molecule has 2 aromatic carbocycles. The zero-order valence-electron chi connectivity index (χ0n) is 20.4. The molecule has 5 rings (SSSR count).